The molecule has 0 bridgehead atoms. The maximum absolute atomic E-state index is 10.2. The van der Waals surface area contributed by atoms with Gasteiger partial charge in [-0.2, -0.15) is 0 Å². The Morgan fingerprint density at radius 2 is 0.895 bits per heavy atom. The van der Waals surface area contributed by atoms with E-state index in [1.165, 1.54) is 0 Å². The third-order valence-corrected chi connectivity index (χ3v) is 2.04. The van der Waals surface area contributed by atoms with Crippen molar-refractivity contribution in [3.05, 3.63) is 71.8 Å². The molecule has 0 unspecified atom stereocenters. The Hall–Kier alpha value is -2.14. The Bertz CT molecular complexity index is 462. The molecule has 19 heavy (non-hydrogen) atoms. The number of hydrogen-bond donors (Lipinski definition) is 2. The summed E-state index contributed by atoms with van der Waals surface area (Å²) in [4.78, 5) is 20.4. The summed E-state index contributed by atoms with van der Waals surface area (Å²) in [6, 6.07) is 16.6. The highest BCUT2D eigenvalue weighted by atomic mass is 79.9. The molecule has 0 amide bonds. The Morgan fingerprint density at radius 3 is 1.05 bits per heavy atom. The molecule has 2 rings (SSSR count). The molecule has 0 aliphatic rings. The van der Waals surface area contributed by atoms with Crippen LogP contribution in [0.15, 0.2) is 60.7 Å². The van der Waals surface area contributed by atoms with Crippen molar-refractivity contribution in [3.63, 3.8) is 0 Å². The van der Waals surface area contributed by atoms with E-state index in [9.17, 15) is 9.59 Å². The van der Waals surface area contributed by atoms with Crippen molar-refractivity contribution in [3.8, 4) is 0 Å². The first-order chi connectivity index (χ1) is 8.61. The lowest BCUT2D eigenvalue weighted by atomic mass is 10.2. The number of carboxylic acid groups (broad SMARTS) is 2. The van der Waals surface area contributed by atoms with Crippen molar-refractivity contribution in [1.82, 2.24) is 0 Å². The topological polar surface area (TPSA) is 74.6 Å². The van der Waals surface area contributed by atoms with Crippen LogP contribution in [0.1, 0.15) is 20.7 Å². The highest BCUT2D eigenvalue weighted by molar-refractivity contribution is 8.93. The van der Waals surface area contributed by atoms with Gasteiger partial charge in [0.2, 0.25) is 0 Å². The molecule has 0 fully saturated rings. The first-order valence-corrected chi connectivity index (χ1v) is 5.18. The second-order valence-electron chi connectivity index (χ2n) is 3.34. The van der Waals surface area contributed by atoms with Gasteiger partial charge in [-0.25, -0.2) is 9.59 Å². The minimum absolute atomic E-state index is 0. The molecule has 0 saturated carbocycles. The number of halogens is 1. The van der Waals surface area contributed by atoms with Crippen molar-refractivity contribution in [2.45, 2.75) is 0 Å². The maximum atomic E-state index is 10.2. The summed E-state index contributed by atoms with van der Waals surface area (Å²) >= 11 is 0. The van der Waals surface area contributed by atoms with Crippen molar-refractivity contribution in [2.24, 2.45) is 0 Å². The van der Waals surface area contributed by atoms with Crippen LogP contribution in [0.5, 0.6) is 0 Å². The molecule has 0 saturated heterocycles. The van der Waals surface area contributed by atoms with Gasteiger partial charge in [0.05, 0.1) is 11.1 Å². The lowest BCUT2D eigenvalue weighted by molar-refractivity contribution is 0.0686. The summed E-state index contributed by atoms with van der Waals surface area (Å²) in [6.07, 6.45) is 0. The van der Waals surface area contributed by atoms with E-state index in [0.29, 0.717) is 11.1 Å². The van der Waals surface area contributed by atoms with Gasteiger partial charge >= 0.3 is 11.9 Å². The minimum atomic E-state index is -0.879. The first-order valence-electron chi connectivity index (χ1n) is 5.18. The number of carbonyl (C=O) groups is 2. The normalized spacial score (nSPS) is 8.42. The zero-order valence-corrected chi connectivity index (χ0v) is 11.6. The van der Waals surface area contributed by atoms with Crippen LogP contribution >= 0.6 is 17.0 Å². The zero-order chi connectivity index (χ0) is 13.4. The second kappa shape index (κ2) is 8.88. The van der Waals surface area contributed by atoms with Crippen LogP contribution in [0.4, 0.5) is 0 Å². The largest absolute Gasteiger partial charge is 0.478 e. The molecule has 2 aromatic carbocycles. The predicted octanol–water partition coefficient (Wildman–Crippen LogP) is 3.35. The molecule has 0 spiro atoms. The quantitative estimate of drug-likeness (QED) is 0.888. The lowest BCUT2D eigenvalue weighted by Gasteiger charge is -1.88. The van der Waals surface area contributed by atoms with E-state index >= 15 is 0 Å². The fraction of sp³-hybridized carbons (Fsp3) is 0. The maximum Gasteiger partial charge on any atom is 0.335 e. The predicted molar refractivity (Wildman–Crippen MR) is 77.1 cm³/mol. The van der Waals surface area contributed by atoms with E-state index in [4.69, 9.17) is 10.2 Å². The van der Waals surface area contributed by atoms with Crippen LogP contribution in [0, 0.1) is 0 Å². The van der Waals surface area contributed by atoms with Crippen molar-refractivity contribution < 1.29 is 19.8 Å². The van der Waals surface area contributed by atoms with E-state index in [2.05, 4.69) is 0 Å². The summed E-state index contributed by atoms with van der Waals surface area (Å²) in [5.41, 5.74) is 0.662. The number of benzene rings is 2. The highest BCUT2D eigenvalue weighted by Gasteiger charge is 1.97. The summed E-state index contributed by atoms with van der Waals surface area (Å²) in [5, 5.41) is 16.8. The molecule has 0 radical (unpaired) electrons. The Morgan fingerprint density at radius 1 is 0.632 bits per heavy atom. The zero-order valence-electron chi connectivity index (χ0n) is 9.89. The van der Waals surface area contributed by atoms with E-state index in [1.54, 1.807) is 60.7 Å². The molecular weight excluding hydrogens is 312 g/mol. The van der Waals surface area contributed by atoms with Gasteiger partial charge in [0.25, 0.3) is 0 Å². The van der Waals surface area contributed by atoms with Gasteiger partial charge in [-0.3, -0.25) is 0 Å². The standard InChI is InChI=1S/2C7H6O2.BrH/c2*8-7(9)6-4-2-1-3-5-6;/h2*1-5H,(H,8,9);1H. The average molecular weight is 325 g/mol. The first kappa shape index (κ1) is 16.9. The Kier molecular flexibility index (Phi) is 7.88. The molecule has 2 N–H and O–H groups in total. The van der Waals surface area contributed by atoms with Crippen LogP contribution in [-0.2, 0) is 0 Å². The fourth-order valence-corrected chi connectivity index (χ4v) is 1.16. The van der Waals surface area contributed by atoms with Gasteiger partial charge in [0.1, 0.15) is 0 Å². The van der Waals surface area contributed by atoms with E-state index in [-0.39, 0.29) is 17.0 Å². The van der Waals surface area contributed by atoms with Crippen LogP contribution in [0.25, 0.3) is 0 Å². The highest BCUT2D eigenvalue weighted by Crippen LogP contribution is 1.96. The average Bonchev–Trinajstić information content (AvgIpc) is 2.41. The van der Waals surface area contributed by atoms with E-state index in [0.717, 1.165) is 0 Å². The molecule has 0 atom stereocenters. The van der Waals surface area contributed by atoms with Gasteiger partial charge in [-0.05, 0) is 24.3 Å². The van der Waals surface area contributed by atoms with Gasteiger partial charge in [-0.1, -0.05) is 36.4 Å². The smallest absolute Gasteiger partial charge is 0.335 e. The molecule has 5 heteroatoms. The van der Waals surface area contributed by atoms with Gasteiger partial charge in [-0.15, -0.1) is 17.0 Å². The second-order valence-corrected chi connectivity index (χ2v) is 3.34. The van der Waals surface area contributed by atoms with Crippen LogP contribution in [0.3, 0.4) is 0 Å². The van der Waals surface area contributed by atoms with Crippen LogP contribution in [-0.4, -0.2) is 22.2 Å². The summed E-state index contributed by atoms with van der Waals surface area (Å²) in [6.45, 7) is 0. The number of hydrogen-bond acceptors (Lipinski definition) is 2. The lowest BCUT2D eigenvalue weighted by Crippen LogP contribution is -1.93. The van der Waals surface area contributed by atoms with E-state index < -0.39 is 11.9 Å². The summed E-state index contributed by atoms with van der Waals surface area (Å²) < 4.78 is 0. The van der Waals surface area contributed by atoms with Gasteiger partial charge < -0.3 is 10.2 Å². The molecule has 0 aliphatic heterocycles. The summed E-state index contributed by atoms with van der Waals surface area (Å²) in [5.74, 6) is -1.76. The van der Waals surface area contributed by atoms with Crippen LogP contribution < -0.4 is 0 Å². The molecule has 100 valence electrons. The minimum Gasteiger partial charge on any atom is -0.478 e. The molecule has 0 aromatic heterocycles. The summed E-state index contributed by atoms with van der Waals surface area (Å²) in [7, 11) is 0. The fourth-order valence-electron chi connectivity index (χ4n) is 1.16. The van der Waals surface area contributed by atoms with Crippen molar-refractivity contribution >= 4 is 28.9 Å². The van der Waals surface area contributed by atoms with Crippen LogP contribution in [0.2, 0.25) is 0 Å². The molecular formula is C14H13BrO4. The Balaban J connectivity index is 0.000000324. The monoisotopic (exact) mass is 324 g/mol. The van der Waals surface area contributed by atoms with Gasteiger partial charge in [0.15, 0.2) is 0 Å². The number of aromatic carboxylic acids is 2. The number of carboxylic acids is 2. The molecule has 2 aromatic rings. The Labute approximate surface area is 121 Å². The van der Waals surface area contributed by atoms with Crippen molar-refractivity contribution in [1.29, 1.82) is 0 Å². The third kappa shape index (κ3) is 6.38. The third-order valence-electron chi connectivity index (χ3n) is 2.04. The molecule has 4 nitrogen and oxygen atoms in total. The van der Waals surface area contributed by atoms with Gasteiger partial charge in [0, 0.05) is 0 Å². The molecule has 0 heterocycles. The SMILES string of the molecule is Br.O=C(O)c1ccccc1.O=C(O)c1ccccc1. The molecule has 0 aliphatic carbocycles. The van der Waals surface area contributed by atoms with E-state index in [1.807, 2.05) is 0 Å². The number of rotatable bonds is 2. The van der Waals surface area contributed by atoms with Crippen molar-refractivity contribution in [2.75, 3.05) is 0 Å².